The zero-order valence-electron chi connectivity index (χ0n) is 5.44. The van der Waals surface area contributed by atoms with Crippen molar-refractivity contribution in [1.82, 2.24) is 0 Å². The highest BCUT2D eigenvalue weighted by Crippen LogP contribution is 2.26. The minimum Gasteiger partial charge on any atom is -0.507 e. The molecule has 0 heterocycles. The topological polar surface area (TPSA) is 20.2 Å². The third-order valence-electron chi connectivity index (χ3n) is 1.27. The first kappa shape index (κ1) is 8.81. The smallest absolute Gasteiger partial charge is 0.132 e. The molecule has 11 heavy (non-hydrogen) atoms. The zero-order chi connectivity index (χ0) is 8.43. The Kier molecular flexibility index (Phi) is 2.73. The maximum absolute atomic E-state index is 12.8. The highest BCUT2D eigenvalue weighted by atomic mass is 79.9. The Morgan fingerprint density at radius 2 is 2.18 bits per heavy atom. The van der Waals surface area contributed by atoms with E-state index in [1.807, 2.05) is 0 Å². The number of hydrogen-bond donors (Lipinski definition) is 1. The third kappa shape index (κ3) is 1.84. The summed E-state index contributed by atoms with van der Waals surface area (Å²) in [5.41, 5.74) is 0.134. The first-order valence-corrected chi connectivity index (χ1v) is 4.20. The Labute approximate surface area is 76.9 Å². The monoisotopic (exact) mass is 238 g/mol. The van der Waals surface area contributed by atoms with Crippen molar-refractivity contribution in [1.29, 1.82) is 0 Å². The Bertz CT molecular complexity index is 254. The fraction of sp³-hybridized carbons (Fsp3) is 0.143. The van der Waals surface area contributed by atoms with Crippen LogP contribution in [0.1, 0.15) is 5.56 Å². The zero-order valence-corrected chi connectivity index (χ0v) is 7.78. The standard InChI is InChI=1S/C7H5BrClFO/c8-4-1-6(10)5(3-9)7(11)2-4/h1-2,11H,3H2. The molecule has 0 saturated heterocycles. The lowest BCUT2D eigenvalue weighted by atomic mass is 10.2. The molecule has 1 nitrogen and oxygen atoms in total. The van der Waals surface area contributed by atoms with Crippen LogP contribution >= 0.6 is 27.5 Å². The van der Waals surface area contributed by atoms with Crippen molar-refractivity contribution in [2.75, 3.05) is 0 Å². The number of benzene rings is 1. The molecule has 0 spiro atoms. The quantitative estimate of drug-likeness (QED) is 0.747. The maximum atomic E-state index is 12.8. The number of phenolic OH excluding ortho intramolecular Hbond substituents is 1. The van der Waals surface area contributed by atoms with Gasteiger partial charge in [-0.2, -0.15) is 0 Å². The summed E-state index contributed by atoms with van der Waals surface area (Å²) >= 11 is 8.41. The Morgan fingerprint density at radius 1 is 1.55 bits per heavy atom. The van der Waals surface area contributed by atoms with Gasteiger partial charge in [0.1, 0.15) is 11.6 Å². The number of alkyl halides is 1. The summed E-state index contributed by atoms with van der Waals surface area (Å²) in [7, 11) is 0. The van der Waals surface area contributed by atoms with Gasteiger partial charge < -0.3 is 5.11 Å². The third-order valence-corrected chi connectivity index (χ3v) is 2.00. The summed E-state index contributed by atoms with van der Waals surface area (Å²) in [6, 6.07) is 2.66. The van der Waals surface area contributed by atoms with Gasteiger partial charge in [-0.05, 0) is 12.1 Å². The SMILES string of the molecule is Oc1cc(Br)cc(F)c1CCl. The summed E-state index contributed by atoms with van der Waals surface area (Å²) in [5, 5.41) is 9.12. The Hall–Kier alpha value is -0.280. The molecule has 1 N–H and O–H groups in total. The molecule has 60 valence electrons. The van der Waals surface area contributed by atoms with Crippen LogP contribution in [0.4, 0.5) is 4.39 Å². The second-order valence-corrected chi connectivity index (χ2v) is 3.20. The first-order chi connectivity index (χ1) is 5.15. The van der Waals surface area contributed by atoms with Crippen molar-refractivity contribution in [2.24, 2.45) is 0 Å². The number of phenols is 1. The summed E-state index contributed by atoms with van der Waals surface area (Å²) in [6.07, 6.45) is 0. The van der Waals surface area contributed by atoms with Crippen molar-refractivity contribution < 1.29 is 9.50 Å². The molecule has 0 unspecified atom stereocenters. The van der Waals surface area contributed by atoms with Gasteiger partial charge in [0.25, 0.3) is 0 Å². The molecule has 4 heteroatoms. The van der Waals surface area contributed by atoms with E-state index >= 15 is 0 Å². The van der Waals surface area contributed by atoms with E-state index in [1.165, 1.54) is 12.1 Å². The molecule has 1 rings (SSSR count). The average Bonchev–Trinajstić information content (AvgIpc) is 1.85. The fourth-order valence-corrected chi connectivity index (χ4v) is 1.40. The molecule has 1 aromatic rings. The Balaban J connectivity index is 3.25. The van der Waals surface area contributed by atoms with Crippen LogP contribution in [-0.2, 0) is 5.88 Å². The molecule has 0 aliphatic carbocycles. The van der Waals surface area contributed by atoms with E-state index in [4.69, 9.17) is 16.7 Å². The molecule has 0 amide bonds. The predicted octanol–water partition coefficient (Wildman–Crippen LogP) is 3.03. The van der Waals surface area contributed by atoms with Gasteiger partial charge in [-0.25, -0.2) is 4.39 Å². The van der Waals surface area contributed by atoms with Gasteiger partial charge in [-0.3, -0.25) is 0 Å². The molecule has 0 saturated carbocycles. The van der Waals surface area contributed by atoms with Crippen molar-refractivity contribution >= 4 is 27.5 Å². The number of halogens is 3. The van der Waals surface area contributed by atoms with Gasteiger partial charge in [-0.15, -0.1) is 11.6 Å². The van der Waals surface area contributed by atoms with Crippen molar-refractivity contribution in [3.63, 3.8) is 0 Å². The lowest BCUT2D eigenvalue weighted by molar-refractivity contribution is 0.461. The van der Waals surface area contributed by atoms with Crippen molar-refractivity contribution in [3.05, 3.63) is 28.0 Å². The molecule has 1 aromatic carbocycles. The molecular formula is C7H5BrClFO. The van der Waals surface area contributed by atoms with E-state index in [1.54, 1.807) is 0 Å². The van der Waals surface area contributed by atoms with Crippen LogP contribution in [0.5, 0.6) is 5.75 Å². The van der Waals surface area contributed by atoms with Crippen molar-refractivity contribution in [2.45, 2.75) is 5.88 Å². The average molecular weight is 239 g/mol. The van der Waals surface area contributed by atoms with Gasteiger partial charge >= 0.3 is 0 Å². The predicted molar refractivity (Wildman–Crippen MR) is 45.3 cm³/mol. The van der Waals surface area contributed by atoms with E-state index in [0.29, 0.717) is 4.47 Å². The minimum absolute atomic E-state index is 0.0229. The number of rotatable bonds is 1. The molecule has 0 aromatic heterocycles. The van der Waals surface area contributed by atoms with Gasteiger partial charge in [0, 0.05) is 10.0 Å². The molecule has 0 atom stereocenters. The van der Waals surface area contributed by atoms with Crippen molar-refractivity contribution in [3.8, 4) is 5.75 Å². The van der Waals surface area contributed by atoms with Crippen LogP contribution in [0.3, 0.4) is 0 Å². The van der Waals surface area contributed by atoms with Gasteiger partial charge in [-0.1, -0.05) is 15.9 Å². The second kappa shape index (κ2) is 3.41. The molecule has 0 aliphatic rings. The van der Waals surface area contributed by atoms with Crippen LogP contribution in [0.25, 0.3) is 0 Å². The molecule has 0 fully saturated rings. The summed E-state index contributed by atoms with van der Waals surface area (Å²) < 4.78 is 13.3. The lowest BCUT2D eigenvalue weighted by Gasteiger charge is -2.01. The molecule has 0 bridgehead atoms. The van der Waals surface area contributed by atoms with Gasteiger partial charge in [0.15, 0.2) is 0 Å². The van der Waals surface area contributed by atoms with E-state index in [9.17, 15) is 4.39 Å². The lowest BCUT2D eigenvalue weighted by Crippen LogP contribution is -1.86. The Morgan fingerprint density at radius 3 is 2.64 bits per heavy atom. The van der Waals surface area contributed by atoms with Crippen LogP contribution in [-0.4, -0.2) is 5.11 Å². The van der Waals surface area contributed by atoms with E-state index in [2.05, 4.69) is 15.9 Å². The molecule has 0 aliphatic heterocycles. The van der Waals surface area contributed by atoms with Crippen LogP contribution in [0.2, 0.25) is 0 Å². The van der Waals surface area contributed by atoms with E-state index in [-0.39, 0.29) is 17.2 Å². The second-order valence-electron chi connectivity index (χ2n) is 2.02. The van der Waals surface area contributed by atoms with Crippen LogP contribution in [0.15, 0.2) is 16.6 Å². The summed E-state index contributed by atoms with van der Waals surface area (Å²) in [4.78, 5) is 0. The maximum Gasteiger partial charge on any atom is 0.132 e. The number of aromatic hydroxyl groups is 1. The van der Waals surface area contributed by atoms with Crippen LogP contribution in [0, 0.1) is 5.82 Å². The normalized spacial score (nSPS) is 10.1. The number of hydrogen-bond acceptors (Lipinski definition) is 1. The highest BCUT2D eigenvalue weighted by molar-refractivity contribution is 9.10. The molecular weight excluding hydrogens is 234 g/mol. The fourth-order valence-electron chi connectivity index (χ4n) is 0.722. The summed E-state index contributed by atoms with van der Waals surface area (Å²) in [5.74, 6) is -0.635. The van der Waals surface area contributed by atoms with Gasteiger partial charge in [0.05, 0.1) is 5.88 Å². The largest absolute Gasteiger partial charge is 0.507 e. The summed E-state index contributed by atoms with van der Waals surface area (Å²) in [6.45, 7) is 0. The van der Waals surface area contributed by atoms with Gasteiger partial charge in [0.2, 0.25) is 0 Å². The van der Waals surface area contributed by atoms with E-state index in [0.717, 1.165) is 0 Å². The molecule has 0 radical (unpaired) electrons. The minimum atomic E-state index is -0.494. The first-order valence-electron chi connectivity index (χ1n) is 2.88. The van der Waals surface area contributed by atoms with Crippen LogP contribution < -0.4 is 0 Å². The van der Waals surface area contributed by atoms with E-state index < -0.39 is 5.82 Å². The highest BCUT2D eigenvalue weighted by Gasteiger charge is 2.07.